The van der Waals surface area contributed by atoms with Gasteiger partial charge >= 0.3 is 0 Å². The average molecular weight is 1850 g/mol. The number of ketones is 1. The first kappa shape index (κ1) is 88.7. The highest BCUT2D eigenvalue weighted by Gasteiger charge is 2.35. The summed E-state index contributed by atoms with van der Waals surface area (Å²) in [5.74, 6) is 1.66. The van der Waals surface area contributed by atoms with E-state index in [0.717, 1.165) is 189 Å². The number of carbonyl (C=O) groups excluding carboxylic acids is 6. The molecule has 8 aromatic heterocycles. The Hall–Kier alpha value is -12.4. The molecule has 0 bridgehead atoms. The van der Waals surface area contributed by atoms with Gasteiger partial charge in [-0.1, -0.05) is 30.3 Å². The Kier molecular flexibility index (Phi) is 26.5. The summed E-state index contributed by atoms with van der Waals surface area (Å²) in [5, 5.41) is 34.9. The van der Waals surface area contributed by atoms with Crippen LogP contribution in [0, 0.1) is 13.8 Å². The Balaban J connectivity index is 0.000000121. The number of primary sulfonamides is 2. The third kappa shape index (κ3) is 20.8. The second-order valence-electron chi connectivity index (χ2n) is 32.0. The van der Waals surface area contributed by atoms with Gasteiger partial charge in [0.2, 0.25) is 49.7 Å². The lowest BCUT2D eigenvalue weighted by Gasteiger charge is -2.33. The Labute approximate surface area is 759 Å². The number of nitrogens with zero attached hydrogens (tertiary/aromatic N) is 17. The smallest absolute Gasteiger partial charge is 0.282 e. The van der Waals surface area contributed by atoms with E-state index in [1.54, 1.807) is 53.4 Å². The van der Waals surface area contributed by atoms with Crippen molar-refractivity contribution in [1.82, 2.24) is 100 Å². The van der Waals surface area contributed by atoms with Gasteiger partial charge in [0, 0.05) is 166 Å². The van der Waals surface area contributed by atoms with Crippen molar-refractivity contribution in [3.63, 3.8) is 0 Å². The molecule has 11 N–H and O–H groups in total. The van der Waals surface area contributed by atoms with E-state index in [9.17, 15) is 45.6 Å². The number of anilines is 8. The summed E-state index contributed by atoms with van der Waals surface area (Å²) in [7, 11) is -7.65. The second kappa shape index (κ2) is 38.5. The molecule has 0 radical (unpaired) electrons. The van der Waals surface area contributed by atoms with Crippen molar-refractivity contribution >= 4 is 147 Å². The molecule has 0 atom stereocenters. The van der Waals surface area contributed by atoms with E-state index in [1.165, 1.54) is 87.7 Å². The number of hydrogen-bond donors (Lipinski definition) is 9. The first-order valence-electron chi connectivity index (χ1n) is 42.2. The molecular weight excluding hydrogens is 1760 g/mol. The lowest BCUT2D eigenvalue weighted by atomic mass is 10.00. The molecule has 42 heteroatoms. The van der Waals surface area contributed by atoms with Crippen LogP contribution in [0.5, 0.6) is 0 Å². The third-order valence-corrected chi connectivity index (χ3v) is 28.7. The molecule has 0 unspecified atom stereocenters. The first-order chi connectivity index (χ1) is 62.2. The molecule has 4 saturated heterocycles. The highest BCUT2D eigenvalue weighted by atomic mass is 32.2. The van der Waals surface area contributed by atoms with Crippen molar-refractivity contribution in [2.24, 2.45) is 10.3 Å². The molecule has 12 aromatic rings. The predicted molar refractivity (Wildman–Crippen MR) is 492 cm³/mol. The van der Waals surface area contributed by atoms with Crippen LogP contribution in [0.3, 0.4) is 0 Å². The lowest BCUT2D eigenvalue weighted by molar-refractivity contribution is -0.130. The molecule has 4 aliphatic heterocycles. The molecule has 36 nitrogen and oxygen atoms in total. The van der Waals surface area contributed by atoms with Gasteiger partial charge in [0.15, 0.2) is 20.0 Å². The predicted octanol–water partition coefficient (Wildman–Crippen LogP) is 8.25. The van der Waals surface area contributed by atoms with Crippen molar-refractivity contribution in [2.45, 2.75) is 95.3 Å². The van der Waals surface area contributed by atoms with Gasteiger partial charge in [-0.25, -0.2) is 86.9 Å². The van der Waals surface area contributed by atoms with E-state index >= 15 is 0 Å². The monoisotopic (exact) mass is 1850 g/mol. The van der Waals surface area contributed by atoms with Gasteiger partial charge in [-0.3, -0.25) is 28.8 Å². The zero-order valence-corrected chi connectivity index (χ0v) is 75.8. The molecule has 666 valence electrons. The van der Waals surface area contributed by atoms with Crippen LogP contribution in [0.2, 0.25) is 0 Å². The Morgan fingerprint density at radius 2 is 0.659 bits per heavy atom. The van der Waals surface area contributed by atoms with Gasteiger partial charge in [-0.05, 0) is 172 Å². The van der Waals surface area contributed by atoms with Crippen LogP contribution in [0.15, 0.2) is 126 Å². The lowest BCUT2D eigenvalue weighted by Crippen LogP contribution is -2.50. The minimum atomic E-state index is -3.84. The Morgan fingerprint density at radius 1 is 0.364 bits per heavy atom. The largest absolute Gasteiger partial charge is 0.339 e. The number of aryl methyl sites for hydroxylation is 10. The van der Waals surface area contributed by atoms with Gasteiger partial charge < -0.3 is 61.7 Å². The van der Waals surface area contributed by atoms with Gasteiger partial charge in [0.25, 0.3) is 23.6 Å². The fraction of sp³-hybridized carbons (Fsp3) is 0.333. The number of piperazine rings is 4. The molecule has 0 spiro atoms. The fourth-order valence-corrected chi connectivity index (χ4v) is 21.6. The van der Waals surface area contributed by atoms with Crippen LogP contribution in [0.1, 0.15) is 115 Å². The van der Waals surface area contributed by atoms with Crippen LogP contribution in [0.4, 0.5) is 46.5 Å². The van der Waals surface area contributed by atoms with Crippen LogP contribution in [0.25, 0.3) is 42.3 Å². The van der Waals surface area contributed by atoms with Crippen LogP contribution < -0.4 is 47.5 Å². The van der Waals surface area contributed by atoms with Crippen molar-refractivity contribution in [3.8, 4) is 42.3 Å². The summed E-state index contributed by atoms with van der Waals surface area (Å²) in [4.78, 5) is 143. The van der Waals surface area contributed by atoms with E-state index in [-0.39, 0.29) is 45.1 Å². The van der Waals surface area contributed by atoms with Crippen molar-refractivity contribution in [1.29, 1.82) is 0 Å². The summed E-state index contributed by atoms with van der Waals surface area (Å²) in [6, 6.07) is 26.3. The molecule has 8 aliphatic rings. The van der Waals surface area contributed by atoms with Gasteiger partial charge in [0.05, 0.1) is 74.9 Å². The minimum Gasteiger partial charge on any atom is -0.339 e. The number of nitrogens with two attached hydrogens (primary N) is 2. The number of aromatic nitrogens is 12. The van der Waals surface area contributed by atoms with Crippen LogP contribution in [-0.2, 0) is 87.4 Å². The molecule has 5 amide bonds. The quantitative estimate of drug-likeness (QED) is 0.0439. The molecule has 4 aliphatic carbocycles. The van der Waals surface area contributed by atoms with Crippen molar-refractivity contribution in [3.05, 3.63) is 198 Å². The molecular formula is C87H92N26O10S6. The Morgan fingerprint density at radius 3 is 0.969 bits per heavy atom. The number of nitrogens with one attached hydrogen (secondary N) is 7. The molecule has 4 fully saturated rings. The van der Waals surface area contributed by atoms with Crippen molar-refractivity contribution in [2.75, 3.05) is 126 Å². The van der Waals surface area contributed by atoms with E-state index in [2.05, 4.69) is 119 Å². The number of amides is 5. The highest BCUT2D eigenvalue weighted by Crippen LogP contribution is 2.43. The van der Waals surface area contributed by atoms with Gasteiger partial charge in [0.1, 0.15) is 5.78 Å². The molecule has 4 aromatic carbocycles. The van der Waals surface area contributed by atoms with Crippen LogP contribution >= 0.6 is 45.3 Å². The first-order valence-corrected chi connectivity index (χ1v) is 48.6. The second-order valence-corrected chi connectivity index (χ2v) is 39.1. The number of rotatable bonds is 16. The topological polar surface area (TPSA) is 478 Å². The molecule has 0 saturated carbocycles. The summed E-state index contributed by atoms with van der Waals surface area (Å²) in [6.45, 7) is 18.4. The summed E-state index contributed by atoms with van der Waals surface area (Å²) >= 11 is 5.56. The third-order valence-electron chi connectivity index (χ3n) is 22.5. The number of carbonyl (C=O) groups is 6. The van der Waals surface area contributed by atoms with Crippen LogP contribution in [-0.4, -0.2) is 241 Å². The normalized spacial score (nSPS) is 15.4. The minimum absolute atomic E-state index is 0.00118. The molecule has 20 rings (SSSR count). The number of sulfonamides is 2. The number of thiazole rings is 4. The molecule has 129 heavy (non-hydrogen) atoms. The highest BCUT2D eigenvalue weighted by molar-refractivity contribution is 7.89. The fourth-order valence-electron chi connectivity index (χ4n) is 16.1. The maximum absolute atomic E-state index is 13.1. The van der Waals surface area contributed by atoms with Gasteiger partial charge in [-0.2, -0.15) is 0 Å². The SMILES string of the molecule is CC(=O)Cc1cccc(Nc2ncc3c(n2)-c2sc(C(=O)N4CCNCC4)nc2CC3)c1.CC(=O)N1CCN(C(=O)c2nc3c(s2)-c2nc(Nc4cccc(S(N)(=O)=O)c4)ncc2CC3)CC1.Cc1cc(C)cc(Nc2ncc3c(n2)-c2sc(C(=O)N4CCNCC4)nc2CC3)c1.NS(=O)(=O)c1cccc(Nc2ncc3c(n2)-c2sc(C(=O)N4CCNCC4)nc2CC3)c1. The van der Waals surface area contributed by atoms with E-state index < -0.39 is 20.0 Å². The zero-order chi connectivity index (χ0) is 89.8. The number of fused-ring (bicyclic) bond motifs is 12. The average Bonchev–Trinajstić information content (AvgIpc) is 1.65. The van der Waals surface area contributed by atoms with E-state index in [4.69, 9.17) is 20.2 Å². The van der Waals surface area contributed by atoms with Gasteiger partial charge in [-0.15, -0.1) is 45.3 Å². The summed E-state index contributed by atoms with van der Waals surface area (Å²) in [5.41, 5.74) is 17.1. The standard InChI is InChI=1S/C23H24N6O2S.C22H23N7O4S2.C22H24N6OS.C20H21N7O3S2/c1-14(30)11-15-3-2-4-17(12-15)26-23-25-13-16-5-6-18-20(19(16)28-23)32-21(27-18)22(31)29-9-7-24-8-10-29;1-13(30)28-7-9-29(10-8-28)21(31)20-26-17-6-5-14-12-24-22(27-18(14)19(17)34-20)25-15-3-2-4-16(11-15)35(23,32)33;1-13-9-14(2)11-16(10-13)25-22-24-12-15-3-4-17-19(18(15)27-22)30-20(26-17)21(29)28-7-5-23-6-8-28;21-32(29,30)14-3-1-2-13(10-14)24-20-23-11-12-4-5-15-17(16(12)26-20)31-18(25-15)19(28)27-8-6-22-7-9-27/h2-4,12-13,24H,5-11H2,1H3,(H,25,26,28);2-4,11-12H,5-10H2,1H3,(H2,23,32,33)(H,24,25,27);9-12,23H,3-8H2,1-2H3,(H,24,25,27);1-3,10-11,22H,4-9H2,(H2,21,29,30)(H,23,24,26). The summed E-state index contributed by atoms with van der Waals surface area (Å²) in [6.07, 6.45) is 13.8. The zero-order valence-electron chi connectivity index (χ0n) is 70.9. The number of benzene rings is 4. The molecule has 12 heterocycles. The van der Waals surface area contributed by atoms with Crippen molar-refractivity contribution < 1.29 is 45.6 Å². The maximum Gasteiger partial charge on any atom is 0.282 e. The maximum atomic E-state index is 13.1. The van der Waals surface area contributed by atoms with E-state index in [1.807, 2.05) is 51.4 Å². The Bertz CT molecular complexity index is 6570. The number of hydrogen-bond acceptors (Lipinski definition) is 33. The number of Topliss-reactive ketones (excluding diaryl/α,β-unsaturated/α-hetero) is 1. The summed E-state index contributed by atoms with van der Waals surface area (Å²) < 4.78 is 46.5. The van der Waals surface area contributed by atoms with E-state index in [0.29, 0.717) is 133 Å².